The molecule has 0 saturated carbocycles. The van der Waals surface area contributed by atoms with Crippen LogP contribution in [0.5, 0.6) is 0 Å². The van der Waals surface area contributed by atoms with Crippen molar-refractivity contribution >= 4 is 0 Å². The molecular formula is C10H19N3. The molecule has 3 heteroatoms. The Morgan fingerprint density at radius 2 is 2.15 bits per heavy atom. The van der Waals surface area contributed by atoms with Crippen molar-refractivity contribution in [1.29, 1.82) is 0 Å². The van der Waals surface area contributed by atoms with Gasteiger partial charge in [-0.1, -0.05) is 13.8 Å². The summed E-state index contributed by atoms with van der Waals surface area (Å²) in [6.07, 6.45) is 3.97. The molecule has 0 bridgehead atoms. The Labute approximate surface area is 80.1 Å². The standard InChI is InChI=1S/C10H19N3/c1-8(2)5-11-9(3)10-6-12-13(4)7-10/h6-9,11H,5H2,1-4H3/t9-/m1/s1. The van der Waals surface area contributed by atoms with Crippen LogP contribution in [-0.4, -0.2) is 16.3 Å². The van der Waals surface area contributed by atoms with Crippen molar-refractivity contribution in [2.75, 3.05) is 6.54 Å². The van der Waals surface area contributed by atoms with Gasteiger partial charge < -0.3 is 5.32 Å². The summed E-state index contributed by atoms with van der Waals surface area (Å²) in [5.41, 5.74) is 1.25. The molecule has 0 radical (unpaired) electrons. The smallest absolute Gasteiger partial charge is 0.0537 e. The minimum Gasteiger partial charge on any atom is -0.310 e. The topological polar surface area (TPSA) is 29.9 Å². The lowest BCUT2D eigenvalue weighted by Crippen LogP contribution is -2.22. The Morgan fingerprint density at radius 1 is 1.46 bits per heavy atom. The lowest BCUT2D eigenvalue weighted by molar-refractivity contribution is 0.496. The van der Waals surface area contributed by atoms with Crippen molar-refractivity contribution in [3.63, 3.8) is 0 Å². The van der Waals surface area contributed by atoms with Gasteiger partial charge in [-0.2, -0.15) is 5.10 Å². The quantitative estimate of drug-likeness (QED) is 0.766. The first-order chi connectivity index (χ1) is 6.09. The van der Waals surface area contributed by atoms with Gasteiger partial charge in [0.25, 0.3) is 0 Å². The molecular weight excluding hydrogens is 162 g/mol. The fraction of sp³-hybridized carbons (Fsp3) is 0.700. The first-order valence-corrected chi connectivity index (χ1v) is 4.81. The maximum Gasteiger partial charge on any atom is 0.0537 e. The fourth-order valence-electron chi connectivity index (χ4n) is 1.19. The molecule has 1 N–H and O–H groups in total. The average molecular weight is 181 g/mol. The van der Waals surface area contributed by atoms with E-state index < -0.39 is 0 Å². The summed E-state index contributed by atoms with van der Waals surface area (Å²) in [4.78, 5) is 0. The van der Waals surface area contributed by atoms with Crippen LogP contribution in [0, 0.1) is 5.92 Å². The fourth-order valence-corrected chi connectivity index (χ4v) is 1.19. The predicted octanol–water partition coefficient (Wildman–Crippen LogP) is 1.73. The van der Waals surface area contributed by atoms with Gasteiger partial charge in [-0.3, -0.25) is 4.68 Å². The molecule has 0 saturated heterocycles. The number of aryl methyl sites for hydroxylation is 1. The third-order valence-corrected chi connectivity index (χ3v) is 2.06. The molecule has 1 atom stereocenters. The van der Waals surface area contributed by atoms with E-state index in [0.717, 1.165) is 6.54 Å². The number of rotatable bonds is 4. The zero-order valence-electron chi connectivity index (χ0n) is 8.91. The third kappa shape index (κ3) is 3.19. The van der Waals surface area contributed by atoms with Crippen molar-refractivity contribution < 1.29 is 0 Å². The van der Waals surface area contributed by atoms with Crippen LogP contribution >= 0.6 is 0 Å². The molecule has 1 aromatic rings. The second-order valence-electron chi connectivity index (χ2n) is 3.97. The minimum atomic E-state index is 0.399. The Bertz CT molecular complexity index is 252. The third-order valence-electron chi connectivity index (χ3n) is 2.06. The molecule has 0 amide bonds. The number of nitrogens with one attached hydrogen (secondary N) is 1. The Kier molecular flexibility index (Phi) is 3.48. The molecule has 0 spiro atoms. The summed E-state index contributed by atoms with van der Waals surface area (Å²) in [5.74, 6) is 0.694. The van der Waals surface area contributed by atoms with E-state index in [4.69, 9.17) is 0 Å². The van der Waals surface area contributed by atoms with E-state index in [0.29, 0.717) is 12.0 Å². The summed E-state index contributed by atoms with van der Waals surface area (Å²) >= 11 is 0. The first-order valence-electron chi connectivity index (χ1n) is 4.81. The van der Waals surface area contributed by atoms with Gasteiger partial charge in [0.05, 0.1) is 6.20 Å². The van der Waals surface area contributed by atoms with Crippen molar-refractivity contribution in [3.05, 3.63) is 18.0 Å². The van der Waals surface area contributed by atoms with E-state index >= 15 is 0 Å². The second kappa shape index (κ2) is 4.42. The Morgan fingerprint density at radius 3 is 2.62 bits per heavy atom. The second-order valence-corrected chi connectivity index (χ2v) is 3.97. The molecule has 0 aromatic carbocycles. The summed E-state index contributed by atoms with van der Waals surface area (Å²) in [5, 5.41) is 7.60. The number of nitrogens with zero attached hydrogens (tertiary/aromatic N) is 2. The molecule has 1 rings (SSSR count). The average Bonchev–Trinajstić information content (AvgIpc) is 2.47. The highest BCUT2D eigenvalue weighted by atomic mass is 15.2. The largest absolute Gasteiger partial charge is 0.310 e. The van der Waals surface area contributed by atoms with Gasteiger partial charge in [0.2, 0.25) is 0 Å². The van der Waals surface area contributed by atoms with E-state index in [1.54, 1.807) is 0 Å². The van der Waals surface area contributed by atoms with E-state index in [1.807, 2.05) is 17.9 Å². The Balaban J connectivity index is 2.44. The lowest BCUT2D eigenvalue weighted by Gasteiger charge is -2.13. The summed E-state index contributed by atoms with van der Waals surface area (Å²) in [6, 6.07) is 0.399. The Hall–Kier alpha value is -0.830. The number of hydrogen-bond acceptors (Lipinski definition) is 2. The van der Waals surface area contributed by atoms with Crippen molar-refractivity contribution in [3.8, 4) is 0 Å². The molecule has 0 aliphatic heterocycles. The highest BCUT2D eigenvalue weighted by Gasteiger charge is 2.06. The predicted molar refractivity (Wildman–Crippen MR) is 54.5 cm³/mol. The van der Waals surface area contributed by atoms with Crippen LogP contribution < -0.4 is 5.32 Å². The highest BCUT2D eigenvalue weighted by Crippen LogP contribution is 2.10. The van der Waals surface area contributed by atoms with Crippen LogP contribution in [0.25, 0.3) is 0 Å². The molecule has 74 valence electrons. The molecule has 0 aliphatic carbocycles. The monoisotopic (exact) mass is 181 g/mol. The first kappa shape index (κ1) is 10.3. The van der Waals surface area contributed by atoms with Gasteiger partial charge >= 0.3 is 0 Å². The van der Waals surface area contributed by atoms with E-state index in [9.17, 15) is 0 Å². The molecule has 0 fully saturated rings. The van der Waals surface area contributed by atoms with Gasteiger partial charge in [0.15, 0.2) is 0 Å². The van der Waals surface area contributed by atoms with Crippen molar-refractivity contribution in [1.82, 2.24) is 15.1 Å². The summed E-state index contributed by atoms with van der Waals surface area (Å²) in [6.45, 7) is 7.64. The van der Waals surface area contributed by atoms with E-state index in [1.165, 1.54) is 5.56 Å². The molecule has 1 aromatic heterocycles. The highest BCUT2D eigenvalue weighted by molar-refractivity contribution is 5.08. The molecule has 0 aliphatic rings. The SMILES string of the molecule is CC(C)CN[C@H](C)c1cnn(C)c1. The molecule has 1 heterocycles. The van der Waals surface area contributed by atoms with Crippen LogP contribution in [0.2, 0.25) is 0 Å². The van der Waals surface area contributed by atoms with Crippen molar-refractivity contribution in [2.24, 2.45) is 13.0 Å². The molecule has 0 unspecified atom stereocenters. The summed E-state index contributed by atoms with van der Waals surface area (Å²) in [7, 11) is 1.94. The van der Waals surface area contributed by atoms with Crippen LogP contribution in [0.1, 0.15) is 32.4 Å². The van der Waals surface area contributed by atoms with Crippen LogP contribution in [0.3, 0.4) is 0 Å². The van der Waals surface area contributed by atoms with Gasteiger partial charge in [-0.05, 0) is 19.4 Å². The van der Waals surface area contributed by atoms with Gasteiger partial charge in [-0.15, -0.1) is 0 Å². The zero-order chi connectivity index (χ0) is 9.84. The summed E-state index contributed by atoms with van der Waals surface area (Å²) < 4.78 is 1.84. The van der Waals surface area contributed by atoms with Gasteiger partial charge in [0.1, 0.15) is 0 Å². The normalized spacial score (nSPS) is 13.6. The number of hydrogen-bond donors (Lipinski definition) is 1. The van der Waals surface area contributed by atoms with E-state index in [-0.39, 0.29) is 0 Å². The van der Waals surface area contributed by atoms with Crippen LogP contribution in [-0.2, 0) is 7.05 Å². The number of aromatic nitrogens is 2. The zero-order valence-corrected chi connectivity index (χ0v) is 8.91. The maximum atomic E-state index is 4.14. The van der Waals surface area contributed by atoms with Crippen LogP contribution in [0.4, 0.5) is 0 Å². The van der Waals surface area contributed by atoms with Gasteiger partial charge in [-0.25, -0.2) is 0 Å². The molecule has 3 nitrogen and oxygen atoms in total. The van der Waals surface area contributed by atoms with E-state index in [2.05, 4.69) is 37.4 Å². The van der Waals surface area contributed by atoms with Gasteiger partial charge in [0, 0.05) is 24.8 Å². The lowest BCUT2D eigenvalue weighted by atomic mass is 10.1. The molecule has 13 heavy (non-hydrogen) atoms. The minimum absolute atomic E-state index is 0.399. The van der Waals surface area contributed by atoms with Crippen LogP contribution in [0.15, 0.2) is 12.4 Å². The van der Waals surface area contributed by atoms with Crippen molar-refractivity contribution in [2.45, 2.75) is 26.8 Å². The maximum absolute atomic E-state index is 4.14.